The highest BCUT2D eigenvalue weighted by atomic mass is 19.3. The van der Waals surface area contributed by atoms with Gasteiger partial charge in [-0.3, -0.25) is 14.3 Å². The summed E-state index contributed by atoms with van der Waals surface area (Å²) in [5, 5.41) is 11.4. The highest BCUT2D eigenvalue weighted by molar-refractivity contribution is 6.03. The van der Waals surface area contributed by atoms with Crippen LogP contribution in [0.25, 0.3) is 33.4 Å². The number of anilines is 2. The van der Waals surface area contributed by atoms with Crippen molar-refractivity contribution >= 4 is 28.4 Å². The Hall–Kier alpha value is -5.11. The molecule has 0 fully saturated rings. The summed E-state index contributed by atoms with van der Waals surface area (Å²) in [6.45, 7) is -0.134. The lowest BCUT2D eigenvalue weighted by Crippen LogP contribution is -2.28. The Balaban J connectivity index is 1.45. The monoisotopic (exact) mass is 564 g/mol. The predicted octanol–water partition coefficient (Wildman–Crippen LogP) is 3.60. The fourth-order valence-corrected chi connectivity index (χ4v) is 4.21. The van der Waals surface area contributed by atoms with Gasteiger partial charge < -0.3 is 15.8 Å². The largest absolute Gasteiger partial charge is 0.383 e. The van der Waals surface area contributed by atoms with Crippen LogP contribution in [-0.4, -0.2) is 55.6 Å². The van der Waals surface area contributed by atoms with E-state index in [2.05, 4.69) is 25.5 Å². The zero-order valence-corrected chi connectivity index (χ0v) is 21.6. The summed E-state index contributed by atoms with van der Waals surface area (Å²) in [5.41, 5.74) is 6.90. The minimum absolute atomic E-state index is 0.0831. The number of rotatable bonds is 9. The molecule has 0 saturated heterocycles. The topological polar surface area (TPSA) is 143 Å². The number of hydrogen-bond acceptors (Lipinski definition) is 8. The summed E-state index contributed by atoms with van der Waals surface area (Å²) in [6.07, 6.45) is -0.00641. The second-order valence-corrected chi connectivity index (χ2v) is 8.89. The minimum atomic E-state index is -2.66. The molecule has 11 nitrogen and oxygen atoms in total. The maximum Gasteiger partial charge on any atom is 0.280 e. The van der Waals surface area contributed by atoms with Gasteiger partial charge in [-0.2, -0.15) is 10.2 Å². The number of hydrogen-bond donors (Lipinski definition) is 2. The molecule has 0 bridgehead atoms. The van der Waals surface area contributed by atoms with E-state index in [1.807, 2.05) is 0 Å². The van der Waals surface area contributed by atoms with Gasteiger partial charge in [0.25, 0.3) is 12.3 Å². The van der Waals surface area contributed by atoms with E-state index in [4.69, 9.17) is 10.5 Å². The number of carbonyl (C=O) groups is 1. The van der Waals surface area contributed by atoms with Crippen molar-refractivity contribution in [2.75, 3.05) is 24.8 Å². The zero-order valence-electron chi connectivity index (χ0n) is 21.6. The SMILES string of the molecule is COCCn1cc(-c2ccc(F)cc2)c(=O)c(C(=O)Nc2ccc(-c3nn(CC(F)F)c4ncnc(N)c34)cc2)n1. The average Bonchev–Trinajstić information content (AvgIpc) is 3.32. The molecular weight excluding hydrogens is 541 g/mol. The van der Waals surface area contributed by atoms with Gasteiger partial charge >= 0.3 is 0 Å². The van der Waals surface area contributed by atoms with Gasteiger partial charge in [0, 0.05) is 30.1 Å². The van der Waals surface area contributed by atoms with Crippen molar-refractivity contribution < 1.29 is 22.7 Å². The summed E-state index contributed by atoms with van der Waals surface area (Å²) >= 11 is 0. The maximum atomic E-state index is 13.5. The number of halogens is 3. The van der Waals surface area contributed by atoms with E-state index in [1.54, 1.807) is 24.3 Å². The highest BCUT2D eigenvalue weighted by Gasteiger charge is 2.21. The van der Waals surface area contributed by atoms with Gasteiger partial charge in [-0.15, -0.1) is 0 Å². The minimum Gasteiger partial charge on any atom is -0.383 e. The van der Waals surface area contributed by atoms with E-state index in [0.29, 0.717) is 27.9 Å². The molecule has 0 radical (unpaired) electrons. The number of ether oxygens (including phenoxy) is 1. The van der Waals surface area contributed by atoms with Crippen molar-refractivity contribution in [3.63, 3.8) is 0 Å². The van der Waals surface area contributed by atoms with Crippen molar-refractivity contribution in [2.24, 2.45) is 0 Å². The molecule has 5 aromatic rings. The van der Waals surface area contributed by atoms with Crippen LogP contribution in [0.5, 0.6) is 0 Å². The summed E-state index contributed by atoms with van der Waals surface area (Å²) in [7, 11) is 1.51. The Morgan fingerprint density at radius 1 is 1.05 bits per heavy atom. The van der Waals surface area contributed by atoms with Crippen LogP contribution in [-0.2, 0) is 17.8 Å². The quantitative estimate of drug-likeness (QED) is 0.277. The van der Waals surface area contributed by atoms with E-state index in [9.17, 15) is 22.8 Å². The fraction of sp³-hybridized carbons (Fsp3) is 0.185. The first-order valence-corrected chi connectivity index (χ1v) is 12.3. The molecule has 3 aromatic heterocycles. The molecular formula is C27H23F3N8O3. The van der Waals surface area contributed by atoms with E-state index in [1.165, 1.54) is 48.6 Å². The van der Waals surface area contributed by atoms with E-state index >= 15 is 0 Å². The van der Waals surface area contributed by atoms with Crippen LogP contribution >= 0.6 is 0 Å². The van der Waals surface area contributed by atoms with Crippen molar-refractivity contribution in [1.82, 2.24) is 29.5 Å². The summed E-state index contributed by atoms with van der Waals surface area (Å²) < 4.78 is 47.2. The van der Waals surface area contributed by atoms with Gasteiger partial charge in [-0.25, -0.2) is 27.8 Å². The molecule has 0 aliphatic carbocycles. The van der Waals surface area contributed by atoms with Gasteiger partial charge in [-0.05, 0) is 29.8 Å². The lowest BCUT2D eigenvalue weighted by Gasteiger charge is -2.11. The van der Waals surface area contributed by atoms with E-state index < -0.39 is 30.1 Å². The zero-order chi connectivity index (χ0) is 29.1. The number of aromatic nitrogens is 6. The van der Waals surface area contributed by atoms with Gasteiger partial charge in [0.1, 0.15) is 30.2 Å². The Morgan fingerprint density at radius 2 is 1.76 bits per heavy atom. The van der Waals surface area contributed by atoms with Crippen LogP contribution < -0.4 is 16.5 Å². The van der Waals surface area contributed by atoms with Gasteiger partial charge in [-0.1, -0.05) is 24.3 Å². The molecule has 2 aromatic carbocycles. The van der Waals surface area contributed by atoms with Crippen LogP contribution in [0.15, 0.2) is 65.8 Å². The lowest BCUT2D eigenvalue weighted by molar-refractivity contribution is 0.101. The second kappa shape index (κ2) is 11.6. The molecule has 1 amide bonds. The van der Waals surface area contributed by atoms with E-state index in [-0.39, 0.29) is 35.9 Å². The number of fused-ring (bicyclic) bond motifs is 1. The fourth-order valence-electron chi connectivity index (χ4n) is 4.21. The molecule has 3 heterocycles. The Labute approximate surface area is 230 Å². The van der Waals surface area contributed by atoms with Crippen LogP contribution in [0.2, 0.25) is 0 Å². The van der Waals surface area contributed by atoms with Crippen molar-refractivity contribution in [1.29, 1.82) is 0 Å². The van der Waals surface area contributed by atoms with Gasteiger partial charge in [0.2, 0.25) is 5.43 Å². The first-order chi connectivity index (χ1) is 19.7. The molecule has 210 valence electrons. The number of nitrogens with zero attached hydrogens (tertiary/aromatic N) is 6. The third-order valence-electron chi connectivity index (χ3n) is 6.15. The normalized spacial score (nSPS) is 11.3. The lowest BCUT2D eigenvalue weighted by atomic mass is 10.1. The predicted molar refractivity (Wildman–Crippen MR) is 145 cm³/mol. The van der Waals surface area contributed by atoms with Crippen LogP contribution in [0.3, 0.4) is 0 Å². The molecule has 14 heteroatoms. The molecule has 0 aliphatic heterocycles. The Kier molecular flexibility index (Phi) is 7.74. The average molecular weight is 565 g/mol. The molecule has 0 atom stereocenters. The van der Waals surface area contributed by atoms with Crippen molar-refractivity contribution in [3.8, 4) is 22.4 Å². The number of alkyl halides is 2. The Bertz CT molecular complexity index is 1770. The van der Waals surface area contributed by atoms with Crippen LogP contribution in [0.4, 0.5) is 24.7 Å². The smallest absolute Gasteiger partial charge is 0.280 e. The van der Waals surface area contributed by atoms with Gasteiger partial charge in [0.05, 0.1) is 18.5 Å². The van der Waals surface area contributed by atoms with Crippen LogP contribution in [0, 0.1) is 5.82 Å². The van der Waals surface area contributed by atoms with E-state index in [0.717, 1.165) is 4.68 Å². The van der Waals surface area contributed by atoms with Crippen molar-refractivity contribution in [2.45, 2.75) is 19.5 Å². The van der Waals surface area contributed by atoms with Gasteiger partial charge in [0.15, 0.2) is 11.3 Å². The molecule has 0 saturated carbocycles. The number of nitrogens with two attached hydrogens (primary N) is 1. The standard InChI is InChI=1S/C27H23F3N8O3/c1-41-11-10-37-12-19(15-2-6-17(28)7-3-15)24(39)23(35-37)27(40)34-18-8-4-16(5-9-18)22-21-25(31)32-14-33-26(21)38(36-22)13-20(29)30/h2-9,12,14,20H,10-11,13H2,1H3,(H,34,40)(H2,31,32,33). The summed E-state index contributed by atoms with van der Waals surface area (Å²) in [4.78, 5) is 34.4. The number of benzene rings is 2. The first-order valence-electron chi connectivity index (χ1n) is 12.3. The number of amides is 1. The molecule has 3 N–H and O–H groups in total. The first kappa shape index (κ1) is 27.5. The number of nitrogens with one attached hydrogen (secondary N) is 1. The van der Waals surface area contributed by atoms with Crippen molar-refractivity contribution in [3.05, 3.63) is 82.8 Å². The summed E-state index contributed by atoms with van der Waals surface area (Å²) in [5.74, 6) is -1.14. The number of nitrogen functional groups attached to an aromatic ring is 1. The molecule has 0 unspecified atom stereocenters. The second-order valence-electron chi connectivity index (χ2n) is 8.89. The summed E-state index contributed by atoms with van der Waals surface area (Å²) in [6, 6.07) is 11.6. The molecule has 5 rings (SSSR count). The highest BCUT2D eigenvalue weighted by Crippen LogP contribution is 2.31. The number of methoxy groups -OCH3 is 1. The maximum absolute atomic E-state index is 13.5. The molecule has 0 spiro atoms. The Morgan fingerprint density at radius 3 is 2.44 bits per heavy atom. The molecule has 0 aliphatic rings. The van der Waals surface area contributed by atoms with Crippen LogP contribution in [0.1, 0.15) is 10.5 Å². The molecule has 41 heavy (non-hydrogen) atoms. The third-order valence-corrected chi connectivity index (χ3v) is 6.15. The third kappa shape index (κ3) is 5.77. The number of carbonyl (C=O) groups excluding carboxylic acids is 1.